The maximum Gasteiger partial charge on any atom is 0.220 e. The smallest absolute Gasteiger partial charge is 0.220 e. The van der Waals surface area contributed by atoms with Gasteiger partial charge in [-0.25, -0.2) is 0 Å². The fourth-order valence-corrected chi connectivity index (χ4v) is 4.85. The Morgan fingerprint density at radius 3 is 2.63 bits per heavy atom. The Balaban J connectivity index is 1.36. The summed E-state index contributed by atoms with van der Waals surface area (Å²) in [6.45, 7) is 4.15. The summed E-state index contributed by atoms with van der Waals surface area (Å²) in [7, 11) is 0. The maximum atomic E-state index is 12.5. The van der Waals surface area contributed by atoms with Crippen LogP contribution >= 0.6 is 0 Å². The van der Waals surface area contributed by atoms with Gasteiger partial charge in [0.2, 0.25) is 5.91 Å². The number of hydrogen-bond donors (Lipinski definition) is 2. The number of carbonyl (C=O) groups is 1. The van der Waals surface area contributed by atoms with E-state index in [0.717, 1.165) is 50.4 Å². The number of rotatable bonds is 6. The van der Waals surface area contributed by atoms with Gasteiger partial charge in [-0.1, -0.05) is 18.9 Å². The summed E-state index contributed by atoms with van der Waals surface area (Å²) < 4.78 is 11.4. The van der Waals surface area contributed by atoms with Crippen LogP contribution in [0.5, 0.6) is 11.5 Å². The van der Waals surface area contributed by atoms with Crippen LogP contribution in [0, 0.1) is 5.92 Å². The molecule has 1 aromatic rings. The van der Waals surface area contributed by atoms with Crippen LogP contribution in [-0.2, 0) is 10.2 Å². The molecule has 4 rings (SSSR count). The van der Waals surface area contributed by atoms with E-state index in [4.69, 9.17) is 9.47 Å². The number of amides is 1. The number of piperidine rings is 1. The lowest BCUT2D eigenvalue weighted by Gasteiger charge is -2.31. The predicted molar refractivity (Wildman–Crippen MR) is 105 cm³/mol. The highest BCUT2D eigenvalue weighted by Gasteiger charge is 2.36. The van der Waals surface area contributed by atoms with Crippen molar-refractivity contribution in [1.82, 2.24) is 10.6 Å². The fourth-order valence-electron chi connectivity index (χ4n) is 4.85. The van der Waals surface area contributed by atoms with Gasteiger partial charge in [0.15, 0.2) is 11.5 Å². The molecule has 27 heavy (non-hydrogen) atoms. The molecule has 0 radical (unpaired) electrons. The summed E-state index contributed by atoms with van der Waals surface area (Å²) in [5.41, 5.74) is 1.32. The molecular weight excluding hydrogens is 340 g/mol. The average Bonchev–Trinajstić information content (AvgIpc) is 3.21. The highest BCUT2D eigenvalue weighted by molar-refractivity contribution is 5.76. The molecule has 0 unspecified atom stereocenters. The van der Waals surface area contributed by atoms with Crippen molar-refractivity contribution in [3.05, 3.63) is 23.8 Å². The summed E-state index contributed by atoms with van der Waals surface area (Å²) in [6, 6.07) is 6.34. The molecule has 1 saturated carbocycles. The van der Waals surface area contributed by atoms with E-state index in [1.807, 2.05) is 6.07 Å². The minimum absolute atomic E-state index is 0.0419. The molecular formula is C22H32N2O3. The topological polar surface area (TPSA) is 59.6 Å². The number of fused-ring (bicyclic) bond motifs is 1. The van der Waals surface area contributed by atoms with Crippen molar-refractivity contribution in [1.29, 1.82) is 0 Å². The molecule has 0 bridgehead atoms. The van der Waals surface area contributed by atoms with Crippen LogP contribution in [0.3, 0.4) is 0 Å². The quantitative estimate of drug-likeness (QED) is 0.805. The van der Waals surface area contributed by atoms with Gasteiger partial charge in [-0.3, -0.25) is 4.79 Å². The molecule has 0 atom stereocenters. The molecule has 2 aliphatic heterocycles. The van der Waals surface area contributed by atoms with Gasteiger partial charge in [-0.05, 0) is 68.8 Å². The number of nitrogens with one attached hydrogen (secondary N) is 2. The third-order valence-electron chi connectivity index (χ3n) is 6.58. The molecule has 148 valence electrons. The molecule has 2 N–H and O–H groups in total. The number of ether oxygens (including phenoxy) is 2. The first kappa shape index (κ1) is 18.6. The summed E-state index contributed by atoms with van der Waals surface area (Å²) in [4.78, 5) is 12.5. The molecule has 1 aliphatic carbocycles. The Bertz CT molecular complexity index is 649. The van der Waals surface area contributed by atoms with Crippen molar-refractivity contribution in [2.75, 3.05) is 32.8 Å². The van der Waals surface area contributed by atoms with Crippen LogP contribution in [0.4, 0.5) is 0 Å². The van der Waals surface area contributed by atoms with Gasteiger partial charge in [0, 0.05) is 18.4 Å². The maximum absolute atomic E-state index is 12.5. The van der Waals surface area contributed by atoms with Gasteiger partial charge in [0.25, 0.3) is 0 Å². The predicted octanol–water partition coefficient (Wildman–Crippen LogP) is 3.17. The van der Waals surface area contributed by atoms with Gasteiger partial charge in [0.1, 0.15) is 13.2 Å². The number of benzene rings is 1. The van der Waals surface area contributed by atoms with E-state index < -0.39 is 0 Å². The van der Waals surface area contributed by atoms with Gasteiger partial charge in [-0.2, -0.15) is 0 Å². The molecule has 2 heterocycles. The number of carbonyl (C=O) groups excluding carboxylic acids is 1. The summed E-state index contributed by atoms with van der Waals surface area (Å²) in [6.07, 6.45) is 8.77. The lowest BCUT2D eigenvalue weighted by Crippen LogP contribution is -2.39. The van der Waals surface area contributed by atoms with Crippen LogP contribution in [0.2, 0.25) is 0 Å². The van der Waals surface area contributed by atoms with E-state index in [1.165, 1.54) is 31.2 Å². The SMILES string of the molecule is O=C(CCC1CCNCC1)NCC1(c2ccc3c(c2)OCCO3)CCCC1. The monoisotopic (exact) mass is 372 g/mol. The van der Waals surface area contributed by atoms with Crippen molar-refractivity contribution in [2.24, 2.45) is 5.92 Å². The van der Waals surface area contributed by atoms with E-state index in [0.29, 0.717) is 25.6 Å². The highest BCUT2D eigenvalue weighted by atomic mass is 16.6. The zero-order chi connectivity index (χ0) is 18.5. The van der Waals surface area contributed by atoms with Crippen molar-refractivity contribution < 1.29 is 14.3 Å². The van der Waals surface area contributed by atoms with E-state index in [2.05, 4.69) is 22.8 Å². The van der Waals surface area contributed by atoms with E-state index >= 15 is 0 Å². The normalized spacial score (nSPS) is 21.8. The summed E-state index contributed by atoms with van der Waals surface area (Å²) >= 11 is 0. The second-order valence-corrected chi connectivity index (χ2v) is 8.35. The molecule has 0 spiro atoms. The standard InChI is InChI=1S/C22H32N2O3/c25-21(6-3-17-7-11-23-12-8-17)24-16-22(9-1-2-10-22)18-4-5-19-20(15-18)27-14-13-26-19/h4-5,15,17,23H,1-3,6-14,16H2,(H,24,25). The van der Waals surface area contributed by atoms with Crippen LogP contribution in [0.25, 0.3) is 0 Å². The third kappa shape index (κ3) is 4.40. The largest absolute Gasteiger partial charge is 0.486 e. The van der Waals surface area contributed by atoms with Gasteiger partial charge in [-0.15, -0.1) is 0 Å². The summed E-state index contributed by atoms with van der Waals surface area (Å²) in [5.74, 6) is 2.60. The Labute approximate surface area is 162 Å². The van der Waals surface area contributed by atoms with E-state index in [9.17, 15) is 4.79 Å². The van der Waals surface area contributed by atoms with Crippen molar-refractivity contribution in [3.8, 4) is 11.5 Å². The average molecular weight is 373 g/mol. The van der Waals surface area contributed by atoms with Crippen molar-refractivity contribution in [3.63, 3.8) is 0 Å². The van der Waals surface area contributed by atoms with Gasteiger partial charge < -0.3 is 20.1 Å². The van der Waals surface area contributed by atoms with Crippen LogP contribution in [0.15, 0.2) is 18.2 Å². The lowest BCUT2D eigenvalue weighted by molar-refractivity contribution is -0.121. The first-order valence-corrected chi connectivity index (χ1v) is 10.6. The van der Waals surface area contributed by atoms with Crippen molar-refractivity contribution >= 4 is 5.91 Å². The van der Waals surface area contributed by atoms with Gasteiger partial charge in [0.05, 0.1) is 0 Å². The minimum atomic E-state index is 0.0419. The molecule has 2 fully saturated rings. The first-order chi connectivity index (χ1) is 13.3. The second-order valence-electron chi connectivity index (χ2n) is 8.35. The highest BCUT2D eigenvalue weighted by Crippen LogP contribution is 2.43. The molecule has 5 heteroatoms. The molecule has 1 aromatic carbocycles. The Morgan fingerprint density at radius 1 is 1.11 bits per heavy atom. The van der Waals surface area contributed by atoms with Crippen LogP contribution in [-0.4, -0.2) is 38.8 Å². The first-order valence-electron chi connectivity index (χ1n) is 10.6. The Kier molecular flexibility index (Phi) is 5.86. The molecule has 1 saturated heterocycles. The Morgan fingerprint density at radius 2 is 1.85 bits per heavy atom. The lowest BCUT2D eigenvalue weighted by atomic mass is 9.78. The molecule has 1 amide bonds. The zero-order valence-electron chi connectivity index (χ0n) is 16.2. The fraction of sp³-hybridized carbons (Fsp3) is 0.682. The summed E-state index contributed by atoms with van der Waals surface area (Å²) in [5, 5.41) is 6.65. The minimum Gasteiger partial charge on any atom is -0.486 e. The Hall–Kier alpha value is -1.75. The molecule has 0 aromatic heterocycles. The zero-order valence-corrected chi connectivity index (χ0v) is 16.2. The van der Waals surface area contributed by atoms with E-state index in [1.54, 1.807) is 0 Å². The van der Waals surface area contributed by atoms with Crippen LogP contribution in [0.1, 0.15) is 56.9 Å². The van der Waals surface area contributed by atoms with Gasteiger partial charge >= 0.3 is 0 Å². The van der Waals surface area contributed by atoms with Crippen molar-refractivity contribution in [2.45, 2.75) is 56.8 Å². The number of hydrogen-bond acceptors (Lipinski definition) is 4. The molecule has 3 aliphatic rings. The second kappa shape index (κ2) is 8.51. The van der Waals surface area contributed by atoms with E-state index in [-0.39, 0.29) is 11.3 Å². The van der Waals surface area contributed by atoms with Crippen LogP contribution < -0.4 is 20.1 Å². The molecule has 5 nitrogen and oxygen atoms in total. The third-order valence-corrected chi connectivity index (χ3v) is 6.58.